The molecule has 2 aromatic rings. The zero-order valence-electron chi connectivity index (χ0n) is 14.0. The van der Waals surface area contributed by atoms with Crippen LogP contribution in [0.1, 0.15) is 29.2 Å². The van der Waals surface area contributed by atoms with E-state index in [1.165, 1.54) is 5.56 Å². The summed E-state index contributed by atoms with van der Waals surface area (Å²) in [7, 11) is 0. The molecule has 0 N–H and O–H groups in total. The Hall–Kier alpha value is -2.94. The maximum absolute atomic E-state index is 12.1. The molecule has 0 unspecified atom stereocenters. The highest BCUT2D eigenvalue weighted by Gasteiger charge is 2.24. The van der Waals surface area contributed by atoms with Gasteiger partial charge in [0.1, 0.15) is 0 Å². The van der Waals surface area contributed by atoms with Crippen LogP contribution in [0, 0.1) is 13.8 Å². The fourth-order valence-corrected chi connectivity index (χ4v) is 2.48. The van der Waals surface area contributed by atoms with E-state index < -0.39 is 5.97 Å². The Morgan fingerprint density at radius 1 is 1.04 bits per heavy atom. The van der Waals surface area contributed by atoms with E-state index in [1.54, 1.807) is 6.08 Å². The fraction of sp³-hybridized carbons (Fsp3) is 0.143. The molecule has 1 aliphatic heterocycles. The number of benzene rings is 2. The number of cyclic esters (lactones) is 1. The zero-order chi connectivity index (χ0) is 17.1. The van der Waals surface area contributed by atoms with Crippen LogP contribution in [0.15, 0.2) is 70.9 Å². The highest BCUT2D eigenvalue weighted by molar-refractivity contribution is 6.11. The van der Waals surface area contributed by atoms with Gasteiger partial charge in [0.25, 0.3) is 0 Å². The van der Waals surface area contributed by atoms with E-state index in [0.717, 1.165) is 22.3 Å². The normalized spacial score (nSPS) is 16.3. The third-order valence-corrected chi connectivity index (χ3v) is 3.93. The molecular weight excluding hydrogens is 298 g/mol. The van der Waals surface area contributed by atoms with E-state index in [4.69, 9.17) is 4.74 Å². The zero-order valence-corrected chi connectivity index (χ0v) is 14.0. The molecule has 0 aromatic heterocycles. The third kappa shape index (κ3) is 3.51. The van der Waals surface area contributed by atoms with Gasteiger partial charge in [-0.15, -0.1) is 0 Å². The Labute approximate surface area is 142 Å². The molecule has 0 fully saturated rings. The summed E-state index contributed by atoms with van der Waals surface area (Å²) in [5, 5.41) is 0. The first-order chi connectivity index (χ1) is 11.5. The number of allylic oxidation sites excluding steroid dienone is 2. The summed E-state index contributed by atoms with van der Waals surface area (Å²) >= 11 is 0. The van der Waals surface area contributed by atoms with Gasteiger partial charge in [-0.05, 0) is 61.2 Å². The molecule has 3 rings (SSSR count). The van der Waals surface area contributed by atoms with Crippen LogP contribution in [-0.2, 0) is 9.53 Å². The van der Waals surface area contributed by atoms with Crippen LogP contribution < -0.4 is 0 Å². The highest BCUT2D eigenvalue weighted by atomic mass is 16.6. The van der Waals surface area contributed by atoms with Crippen molar-refractivity contribution in [2.45, 2.75) is 20.8 Å². The predicted octanol–water partition coefficient (Wildman–Crippen LogP) is 4.59. The van der Waals surface area contributed by atoms with Crippen molar-refractivity contribution in [3.05, 3.63) is 88.1 Å². The summed E-state index contributed by atoms with van der Waals surface area (Å²) in [6.07, 6.45) is 3.76. The average Bonchev–Trinajstić information content (AvgIpc) is 2.92. The minimum atomic E-state index is -0.413. The van der Waals surface area contributed by atoms with Gasteiger partial charge in [0.05, 0.1) is 0 Å². The Balaban J connectivity index is 1.88. The van der Waals surface area contributed by atoms with Gasteiger partial charge in [0.2, 0.25) is 5.90 Å². The van der Waals surface area contributed by atoms with Crippen molar-refractivity contribution in [2.75, 3.05) is 0 Å². The van der Waals surface area contributed by atoms with Gasteiger partial charge in [0.15, 0.2) is 5.70 Å². The Morgan fingerprint density at radius 3 is 2.50 bits per heavy atom. The second-order valence-electron chi connectivity index (χ2n) is 5.93. The number of esters is 1. The summed E-state index contributed by atoms with van der Waals surface area (Å²) in [6.45, 7) is 6.02. The summed E-state index contributed by atoms with van der Waals surface area (Å²) in [5.74, 6) is -0.0501. The van der Waals surface area contributed by atoms with Crippen molar-refractivity contribution in [3.8, 4) is 0 Å². The summed E-state index contributed by atoms with van der Waals surface area (Å²) in [4.78, 5) is 16.4. The minimum absolute atomic E-state index is 0.327. The van der Waals surface area contributed by atoms with E-state index >= 15 is 0 Å². The second kappa shape index (κ2) is 6.67. The highest BCUT2D eigenvalue weighted by Crippen LogP contribution is 2.20. The molecule has 0 amide bonds. The molecule has 3 heteroatoms. The minimum Gasteiger partial charge on any atom is -0.402 e. The molecule has 2 aromatic carbocycles. The Kier molecular flexibility index (Phi) is 4.43. The van der Waals surface area contributed by atoms with Crippen LogP contribution in [0.25, 0.3) is 6.08 Å². The van der Waals surface area contributed by atoms with Crippen molar-refractivity contribution in [2.24, 2.45) is 4.99 Å². The smallest absolute Gasteiger partial charge is 0.363 e. The van der Waals surface area contributed by atoms with Gasteiger partial charge in [-0.25, -0.2) is 9.79 Å². The van der Waals surface area contributed by atoms with Gasteiger partial charge < -0.3 is 4.74 Å². The predicted molar refractivity (Wildman–Crippen MR) is 96.7 cm³/mol. The third-order valence-electron chi connectivity index (χ3n) is 3.93. The number of rotatable bonds is 3. The number of nitrogens with zero attached hydrogens (tertiary/aromatic N) is 1. The van der Waals surface area contributed by atoms with Crippen molar-refractivity contribution in [1.29, 1.82) is 0 Å². The summed E-state index contributed by atoms with van der Waals surface area (Å²) < 4.78 is 5.32. The molecule has 0 radical (unpaired) electrons. The average molecular weight is 317 g/mol. The second-order valence-corrected chi connectivity index (χ2v) is 5.93. The Bertz CT molecular complexity index is 874. The first-order valence-corrected chi connectivity index (χ1v) is 7.86. The van der Waals surface area contributed by atoms with Crippen molar-refractivity contribution >= 4 is 17.9 Å². The fourth-order valence-electron chi connectivity index (χ4n) is 2.48. The number of hydrogen-bond acceptors (Lipinski definition) is 3. The Morgan fingerprint density at radius 2 is 1.79 bits per heavy atom. The van der Waals surface area contributed by atoms with E-state index in [1.807, 2.05) is 75.4 Å². The molecule has 24 heavy (non-hydrogen) atoms. The van der Waals surface area contributed by atoms with Gasteiger partial charge in [-0.3, -0.25) is 0 Å². The first kappa shape index (κ1) is 15.9. The SMILES string of the molecule is CC(=Cc1ccccc1)C=C1N=C(c2ccc(C)c(C)c2)OC1=O. The molecule has 3 nitrogen and oxygen atoms in total. The maximum atomic E-state index is 12.1. The standard InChI is InChI=1S/C21H19NO2/c1-14(11-17-7-5-4-6-8-17)12-19-21(23)24-20(22-19)18-10-9-15(2)16(3)13-18/h4-13H,1-3H3. The van der Waals surface area contributed by atoms with Crippen LogP contribution in [0.5, 0.6) is 0 Å². The molecule has 120 valence electrons. The van der Waals surface area contributed by atoms with E-state index in [-0.39, 0.29) is 0 Å². The molecular formula is C21H19NO2. The summed E-state index contributed by atoms with van der Waals surface area (Å²) in [6, 6.07) is 15.9. The van der Waals surface area contributed by atoms with Crippen molar-refractivity contribution in [1.82, 2.24) is 0 Å². The van der Waals surface area contributed by atoms with Crippen LogP contribution in [0.4, 0.5) is 0 Å². The van der Waals surface area contributed by atoms with Gasteiger partial charge >= 0.3 is 5.97 Å². The van der Waals surface area contributed by atoms with E-state index in [0.29, 0.717) is 11.6 Å². The van der Waals surface area contributed by atoms with Crippen LogP contribution in [0.3, 0.4) is 0 Å². The number of aliphatic imine (C=N–C) groups is 1. The van der Waals surface area contributed by atoms with Crippen LogP contribution >= 0.6 is 0 Å². The van der Waals surface area contributed by atoms with Crippen molar-refractivity contribution in [3.63, 3.8) is 0 Å². The van der Waals surface area contributed by atoms with E-state index in [9.17, 15) is 4.79 Å². The number of hydrogen-bond donors (Lipinski definition) is 0. The molecule has 1 heterocycles. The molecule has 0 atom stereocenters. The molecule has 0 saturated carbocycles. The number of ether oxygens (including phenoxy) is 1. The van der Waals surface area contributed by atoms with E-state index in [2.05, 4.69) is 4.99 Å². The lowest BCUT2D eigenvalue weighted by Gasteiger charge is -2.03. The molecule has 1 aliphatic rings. The maximum Gasteiger partial charge on any atom is 0.363 e. The number of carbonyl (C=O) groups excluding carboxylic acids is 1. The monoisotopic (exact) mass is 317 g/mol. The largest absolute Gasteiger partial charge is 0.402 e. The number of aryl methyl sites for hydroxylation is 2. The van der Waals surface area contributed by atoms with Gasteiger partial charge in [-0.1, -0.05) is 42.5 Å². The lowest BCUT2D eigenvalue weighted by molar-refractivity contribution is -0.130. The first-order valence-electron chi connectivity index (χ1n) is 7.86. The van der Waals surface area contributed by atoms with Gasteiger partial charge in [-0.2, -0.15) is 0 Å². The van der Waals surface area contributed by atoms with Gasteiger partial charge in [0, 0.05) is 5.56 Å². The lowest BCUT2D eigenvalue weighted by atomic mass is 10.1. The number of carbonyl (C=O) groups is 1. The quantitative estimate of drug-likeness (QED) is 0.613. The van der Waals surface area contributed by atoms with Crippen molar-refractivity contribution < 1.29 is 9.53 Å². The topological polar surface area (TPSA) is 38.7 Å². The lowest BCUT2D eigenvalue weighted by Crippen LogP contribution is -2.05. The summed E-state index contributed by atoms with van der Waals surface area (Å²) in [5.41, 5.74) is 5.51. The van der Waals surface area contributed by atoms with Crippen LogP contribution in [0.2, 0.25) is 0 Å². The molecule has 0 bridgehead atoms. The molecule has 0 aliphatic carbocycles. The molecule has 0 saturated heterocycles. The van der Waals surface area contributed by atoms with Crippen LogP contribution in [-0.4, -0.2) is 11.9 Å². The molecule has 0 spiro atoms.